The summed E-state index contributed by atoms with van der Waals surface area (Å²) in [6, 6.07) is 10.9. The lowest BCUT2D eigenvalue weighted by molar-refractivity contribution is -0.129. The number of aliphatic hydroxyl groups is 1. The van der Waals surface area contributed by atoms with Gasteiger partial charge in [-0.2, -0.15) is 0 Å². The van der Waals surface area contributed by atoms with Gasteiger partial charge in [-0.3, -0.25) is 9.10 Å². The summed E-state index contributed by atoms with van der Waals surface area (Å²) in [5.41, 5.74) is 0.172. The van der Waals surface area contributed by atoms with Crippen LogP contribution in [0.15, 0.2) is 47.4 Å². The van der Waals surface area contributed by atoms with E-state index in [1.165, 1.54) is 43.7 Å². The lowest BCUT2D eigenvalue weighted by Gasteiger charge is -2.29. The van der Waals surface area contributed by atoms with Gasteiger partial charge in [0.2, 0.25) is 5.91 Å². The predicted octanol–water partition coefficient (Wildman–Crippen LogP) is 2.92. The highest BCUT2D eigenvalue weighted by Gasteiger charge is 2.31. The van der Waals surface area contributed by atoms with Crippen molar-refractivity contribution in [2.75, 3.05) is 51.4 Å². The van der Waals surface area contributed by atoms with E-state index in [9.17, 15) is 18.3 Å². The lowest BCUT2D eigenvalue weighted by atomic mass is 9.86. The molecule has 1 aliphatic rings. The van der Waals surface area contributed by atoms with Gasteiger partial charge in [-0.15, -0.1) is 0 Å². The summed E-state index contributed by atoms with van der Waals surface area (Å²) in [5.74, 6) is 1.39. The first-order valence-corrected chi connectivity index (χ1v) is 13.1. The zero-order valence-electron chi connectivity index (χ0n) is 20.5. The molecule has 0 atom stereocenters. The molecule has 0 aromatic heterocycles. The highest BCUT2D eigenvalue weighted by Crippen LogP contribution is 2.36. The van der Waals surface area contributed by atoms with Crippen molar-refractivity contribution in [2.45, 2.75) is 31.1 Å². The molecule has 0 heterocycles. The second-order valence-electron chi connectivity index (χ2n) is 8.33. The number of methoxy groups -OCH3 is 2. The van der Waals surface area contributed by atoms with Crippen molar-refractivity contribution in [3.63, 3.8) is 0 Å². The van der Waals surface area contributed by atoms with Crippen LogP contribution < -0.4 is 18.5 Å². The largest absolute Gasteiger partial charge is 0.497 e. The van der Waals surface area contributed by atoms with Gasteiger partial charge in [-0.1, -0.05) is 6.42 Å². The minimum Gasteiger partial charge on any atom is -0.497 e. The van der Waals surface area contributed by atoms with Crippen LogP contribution in [0.1, 0.15) is 26.2 Å². The summed E-state index contributed by atoms with van der Waals surface area (Å²) >= 11 is 0. The van der Waals surface area contributed by atoms with E-state index in [4.69, 9.17) is 14.2 Å². The second kappa shape index (κ2) is 12.1. The van der Waals surface area contributed by atoms with Crippen molar-refractivity contribution in [1.29, 1.82) is 0 Å². The highest BCUT2D eigenvalue weighted by atomic mass is 32.2. The summed E-state index contributed by atoms with van der Waals surface area (Å²) in [4.78, 5) is 14.4. The van der Waals surface area contributed by atoms with E-state index in [0.717, 1.165) is 17.1 Å². The molecule has 3 rings (SSSR count). The van der Waals surface area contributed by atoms with Crippen LogP contribution in [0, 0.1) is 5.92 Å². The number of sulfonamides is 1. The fraction of sp³-hybridized carbons (Fsp3) is 0.480. The molecule has 0 radical (unpaired) electrons. The van der Waals surface area contributed by atoms with Crippen LogP contribution in [0.3, 0.4) is 0 Å². The Morgan fingerprint density at radius 2 is 1.74 bits per heavy atom. The van der Waals surface area contributed by atoms with Gasteiger partial charge in [0.1, 0.15) is 23.8 Å². The Morgan fingerprint density at radius 1 is 1.06 bits per heavy atom. The van der Waals surface area contributed by atoms with Gasteiger partial charge in [-0.25, -0.2) is 8.42 Å². The van der Waals surface area contributed by atoms with Gasteiger partial charge in [-0.05, 0) is 62.1 Å². The molecule has 35 heavy (non-hydrogen) atoms. The number of anilines is 1. The molecule has 10 heteroatoms. The Labute approximate surface area is 207 Å². The van der Waals surface area contributed by atoms with Gasteiger partial charge in [0.05, 0.1) is 38.0 Å². The van der Waals surface area contributed by atoms with Crippen molar-refractivity contribution in [3.8, 4) is 17.2 Å². The maximum Gasteiger partial charge on any atom is 0.264 e. The Kier molecular flexibility index (Phi) is 9.22. The first-order chi connectivity index (χ1) is 16.8. The number of likely N-dealkylation sites (N-methyl/N-ethyl adjacent to an activating group) is 1. The van der Waals surface area contributed by atoms with Crippen LogP contribution in [0.25, 0.3) is 0 Å². The van der Waals surface area contributed by atoms with Gasteiger partial charge in [0.25, 0.3) is 10.0 Å². The van der Waals surface area contributed by atoms with Gasteiger partial charge in [0, 0.05) is 19.2 Å². The molecule has 0 bridgehead atoms. The Bertz CT molecular complexity index is 1090. The summed E-state index contributed by atoms with van der Waals surface area (Å²) in [5, 5.41) is 9.31. The smallest absolute Gasteiger partial charge is 0.264 e. The van der Waals surface area contributed by atoms with Gasteiger partial charge >= 0.3 is 0 Å². The maximum atomic E-state index is 13.8. The monoisotopic (exact) mass is 506 g/mol. The second-order valence-corrected chi connectivity index (χ2v) is 10.2. The number of benzene rings is 2. The molecule has 1 aliphatic carbocycles. The Morgan fingerprint density at radius 3 is 2.29 bits per heavy atom. The maximum absolute atomic E-state index is 13.8. The number of carbonyl (C=O) groups excluding carboxylic acids is 1. The Balaban J connectivity index is 1.96. The number of carbonyl (C=O) groups is 1. The number of aliphatic hydroxyl groups excluding tert-OH is 1. The van der Waals surface area contributed by atoms with Crippen LogP contribution in [0.4, 0.5) is 5.69 Å². The zero-order chi connectivity index (χ0) is 25.4. The highest BCUT2D eigenvalue weighted by molar-refractivity contribution is 7.92. The van der Waals surface area contributed by atoms with E-state index in [2.05, 4.69) is 0 Å². The quantitative estimate of drug-likeness (QED) is 0.445. The molecule has 0 unspecified atom stereocenters. The van der Waals surface area contributed by atoms with Gasteiger partial charge in [0.15, 0.2) is 0 Å². The molecule has 0 saturated heterocycles. The third-order valence-corrected chi connectivity index (χ3v) is 7.93. The van der Waals surface area contributed by atoms with Crippen LogP contribution in [-0.2, 0) is 14.8 Å². The summed E-state index contributed by atoms with van der Waals surface area (Å²) in [6.07, 6.45) is 3.53. The third-order valence-electron chi connectivity index (χ3n) is 6.16. The molecule has 2 aromatic rings. The number of ether oxygens (including phenoxy) is 3. The molecule has 0 spiro atoms. The minimum atomic E-state index is -4.17. The number of hydrogen-bond donors (Lipinski definition) is 1. The van der Waals surface area contributed by atoms with Crippen molar-refractivity contribution in [1.82, 2.24) is 4.90 Å². The van der Waals surface area contributed by atoms with E-state index >= 15 is 0 Å². The SMILES string of the molecule is CCN(CCO)C(=O)CN(c1cc(OC)ccc1OC)S(=O)(=O)c1ccc(OCC2CCC2)cc1. The van der Waals surface area contributed by atoms with E-state index in [-0.39, 0.29) is 29.5 Å². The minimum absolute atomic E-state index is 0.0105. The molecule has 2 aromatic carbocycles. The molecule has 0 aliphatic heterocycles. The van der Waals surface area contributed by atoms with E-state index in [1.54, 1.807) is 31.2 Å². The first-order valence-electron chi connectivity index (χ1n) is 11.7. The average molecular weight is 507 g/mol. The fourth-order valence-electron chi connectivity index (χ4n) is 3.80. The molecule has 1 amide bonds. The predicted molar refractivity (Wildman–Crippen MR) is 133 cm³/mol. The molecule has 1 saturated carbocycles. The van der Waals surface area contributed by atoms with Crippen molar-refractivity contribution in [2.24, 2.45) is 5.92 Å². The van der Waals surface area contributed by atoms with Crippen molar-refractivity contribution >= 4 is 21.6 Å². The standard InChI is InChI=1S/C25H34N2O7S/c1-4-26(14-15-28)25(29)17-27(23-16-21(32-2)10-13-24(23)33-3)35(30,31)22-11-8-20(9-12-22)34-18-19-6-5-7-19/h8-13,16,19,28H,4-7,14-15,17-18H2,1-3H3. The van der Waals surface area contributed by atoms with Crippen LogP contribution in [0.5, 0.6) is 17.2 Å². The van der Waals surface area contributed by atoms with Crippen LogP contribution >= 0.6 is 0 Å². The third kappa shape index (κ3) is 6.37. The number of hydrogen-bond acceptors (Lipinski definition) is 7. The first kappa shape index (κ1) is 26.6. The normalized spacial score (nSPS) is 13.6. The molecule has 1 N–H and O–H groups in total. The summed E-state index contributed by atoms with van der Waals surface area (Å²) in [6.45, 7) is 2.12. The molecule has 1 fully saturated rings. The fourth-order valence-corrected chi connectivity index (χ4v) is 5.22. The van der Waals surface area contributed by atoms with Crippen LogP contribution in [-0.4, -0.2) is 71.4 Å². The van der Waals surface area contributed by atoms with Crippen molar-refractivity contribution in [3.05, 3.63) is 42.5 Å². The van der Waals surface area contributed by atoms with E-state index in [1.807, 2.05) is 0 Å². The zero-order valence-corrected chi connectivity index (χ0v) is 21.3. The average Bonchev–Trinajstić information content (AvgIpc) is 2.84. The number of rotatable bonds is 13. The van der Waals surface area contributed by atoms with Gasteiger partial charge < -0.3 is 24.2 Å². The molecular weight excluding hydrogens is 472 g/mol. The van der Waals surface area contributed by atoms with Crippen molar-refractivity contribution < 1.29 is 32.5 Å². The van der Waals surface area contributed by atoms with Crippen LogP contribution in [0.2, 0.25) is 0 Å². The molecular formula is C25H34N2O7S. The Hall–Kier alpha value is -2.98. The number of nitrogens with zero attached hydrogens (tertiary/aromatic N) is 2. The number of amides is 1. The topological polar surface area (TPSA) is 106 Å². The summed E-state index contributed by atoms with van der Waals surface area (Å²) in [7, 11) is -1.28. The molecule has 9 nitrogen and oxygen atoms in total. The van der Waals surface area contributed by atoms with E-state index in [0.29, 0.717) is 30.6 Å². The molecule has 192 valence electrons. The lowest BCUT2D eigenvalue weighted by Crippen LogP contribution is -2.44. The summed E-state index contributed by atoms with van der Waals surface area (Å²) < 4.78 is 45.1. The van der Waals surface area contributed by atoms with E-state index < -0.39 is 22.5 Å².